The van der Waals surface area contributed by atoms with Gasteiger partial charge >= 0.3 is 0 Å². The Kier molecular flexibility index (Phi) is 3.56. The van der Waals surface area contributed by atoms with Gasteiger partial charge in [-0.25, -0.2) is 0 Å². The minimum atomic E-state index is 0.506. The van der Waals surface area contributed by atoms with Crippen LogP contribution in [-0.2, 0) is 0 Å². The molecule has 2 saturated carbocycles. The summed E-state index contributed by atoms with van der Waals surface area (Å²) in [7, 11) is 0. The zero-order valence-electron chi connectivity index (χ0n) is 8.37. The molecule has 0 radical (unpaired) electrons. The van der Waals surface area contributed by atoms with Gasteiger partial charge in [0.1, 0.15) is 0 Å². The fourth-order valence-electron chi connectivity index (χ4n) is 2.14. The van der Waals surface area contributed by atoms with E-state index < -0.39 is 0 Å². The van der Waals surface area contributed by atoms with Crippen molar-refractivity contribution in [2.45, 2.75) is 56.2 Å². The second-order valence-electron chi connectivity index (χ2n) is 4.59. The predicted octanol–water partition coefficient (Wildman–Crippen LogP) is 2.79. The molecule has 0 heterocycles. The summed E-state index contributed by atoms with van der Waals surface area (Å²) in [6.45, 7) is 0. The lowest BCUT2D eigenvalue weighted by Gasteiger charge is -2.22. The van der Waals surface area contributed by atoms with Crippen molar-refractivity contribution in [3.05, 3.63) is 0 Å². The Labute approximate surface area is 85.8 Å². The van der Waals surface area contributed by atoms with Crippen molar-refractivity contribution >= 4 is 11.8 Å². The normalized spacial score (nSPS) is 27.5. The number of hydrogen-bond acceptors (Lipinski definition) is 2. The van der Waals surface area contributed by atoms with E-state index in [1.807, 2.05) is 0 Å². The van der Waals surface area contributed by atoms with Crippen molar-refractivity contribution < 1.29 is 0 Å². The van der Waals surface area contributed by atoms with Gasteiger partial charge in [0.2, 0.25) is 0 Å². The molecule has 1 nitrogen and oxygen atoms in total. The average Bonchev–Trinajstić information content (AvgIpc) is 2.99. The highest BCUT2D eigenvalue weighted by molar-refractivity contribution is 7.99. The van der Waals surface area contributed by atoms with Gasteiger partial charge in [-0.15, -0.1) is 0 Å². The van der Waals surface area contributed by atoms with Crippen LogP contribution in [0.2, 0.25) is 0 Å². The van der Waals surface area contributed by atoms with Crippen LogP contribution in [0.15, 0.2) is 0 Å². The van der Waals surface area contributed by atoms with Gasteiger partial charge < -0.3 is 5.73 Å². The zero-order valence-corrected chi connectivity index (χ0v) is 9.19. The maximum atomic E-state index is 6.08. The molecule has 1 unspecified atom stereocenters. The number of rotatable bonds is 4. The lowest BCUT2D eigenvalue weighted by molar-refractivity contribution is 0.515. The van der Waals surface area contributed by atoms with Gasteiger partial charge in [0, 0.05) is 17.0 Å². The fraction of sp³-hybridized carbons (Fsp3) is 1.00. The van der Waals surface area contributed by atoms with E-state index in [0.29, 0.717) is 6.04 Å². The molecule has 13 heavy (non-hydrogen) atoms. The Morgan fingerprint density at radius 2 is 1.77 bits per heavy atom. The minimum absolute atomic E-state index is 0.506. The van der Waals surface area contributed by atoms with Gasteiger partial charge in [-0.3, -0.25) is 0 Å². The highest BCUT2D eigenvalue weighted by Crippen LogP contribution is 2.35. The third-order valence-electron chi connectivity index (χ3n) is 3.30. The monoisotopic (exact) mass is 199 g/mol. The molecule has 0 bridgehead atoms. The van der Waals surface area contributed by atoms with Gasteiger partial charge in [-0.05, 0) is 31.6 Å². The van der Waals surface area contributed by atoms with E-state index in [9.17, 15) is 0 Å². The molecule has 0 spiro atoms. The first-order chi connectivity index (χ1) is 6.36. The summed E-state index contributed by atoms with van der Waals surface area (Å²) in [4.78, 5) is 0. The van der Waals surface area contributed by atoms with Crippen LogP contribution in [0.25, 0.3) is 0 Å². The maximum Gasteiger partial charge on any atom is 0.0159 e. The van der Waals surface area contributed by atoms with Gasteiger partial charge in [-0.2, -0.15) is 11.8 Å². The quantitative estimate of drug-likeness (QED) is 0.753. The SMILES string of the molecule is NC(CSC1CCCCC1)C1CC1. The van der Waals surface area contributed by atoms with E-state index in [2.05, 4.69) is 11.8 Å². The first-order valence-electron chi connectivity index (χ1n) is 5.73. The highest BCUT2D eigenvalue weighted by Gasteiger charge is 2.28. The van der Waals surface area contributed by atoms with Gasteiger partial charge in [-0.1, -0.05) is 19.3 Å². The molecule has 0 aromatic rings. The van der Waals surface area contributed by atoms with Crippen molar-refractivity contribution in [2.75, 3.05) is 5.75 Å². The van der Waals surface area contributed by atoms with Crippen LogP contribution in [0.5, 0.6) is 0 Å². The van der Waals surface area contributed by atoms with E-state index >= 15 is 0 Å². The second-order valence-corrected chi connectivity index (χ2v) is 5.93. The molecule has 0 aromatic heterocycles. The maximum absolute atomic E-state index is 6.08. The standard InChI is InChI=1S/C11H21NS/c12-11(9-6-7-9)8-13-10-4-2-1-3-5-10/h9-11H,1-8,12H2. The summed E-state index contributed by atoms with van der Waals surface area (Å²) >= 11 is 2.15. The van der Waals surface area contributed by atoms with E-state index in [4.69, 9.17) is 5.73 Å². The van der Waals surface area contributed by atoms with Crippen LogP contribution in [0.3, 0.4) is 0 Å². The first kappa shape index (κ1) is 9.85. The Morgan fingerprint density at radius 1 is 1.08 bits per heavy atom. The van der Waals surface area contributed by atoms with Gasteiger partial charge in [0.25, 0.3) is 0 Å². The first-order valence-corrected chi connectivity index (χ1v) is 6.78. The lowest BCUT2D eigenvalue weighted by atomic mass is 10.0. The third-order valence-corrected chi connectivity index (χ3v) is 4.82. The van der Waals surface area contributed by atoms with Crippen LogP contribution >= 0.6 is 11.8 Å². The van der Waals surface area contributed by atoms with Crippen molar-refractivity contribution in [1.29, 1.82) is 0 Å². The Morgan fingerprint density at radius 3 is 2.38 bits per heavy atom. The van der Waals surface area contributed by atoms with Crippen LogP contribution in [-0.4, -0.2) is 17.0 Å². The second kappa shape index (κ2) is 4.70. The molecule has 0 amide bonds. The minimum Gasteiger partial charge on any atom is -0.327 e. The average molecular weight is 199 g/mol. The third kappa shape index (κ3) is 3.17. The van der Waals surface area contributed by atoms with Crippen molar-refractivity contribution in [2.24, 2.45) is 11.7 Å². The summed E-state index contributed by atoms with van der Waals surface area (Å²) in [6, 6.07) is 0.506. The van der Waals surface area contributed by atoms with E-state index in [1.54, 1.807) is 0 Å². The molecule has 0 aromatic carbocycles. The van der Waals surface area contributed by atoms with Gasteiger partial charge in [0.05, 0.1) is 0 Å². The molecule has 2 N–H and O–H groups in total. The Balaban J connectivity index is 1.60. The van der Waals surface area contributed by atoms with Crippen LogP contribution < -0.4 is 5.73 Å². The topological polar surface area (TPSA) is 26.0 Å². The lowest BCUT2D eigenvalue weighted by Crippen LogP contribution is -2.26. The molecule has 0 saturated heterocycles. The molecule has 1 atom stereocenters. The molecule has 2 fully saturated rings. The molecule has 76 valence electrons. The predicted molar refractivity (Wildman–Crippen MR) is 60.0 cm³/mol. The Bertz CT molecular complexity index is 150. The van der Waals surface area contributed by atoms with Crippen molar-refractivity contribution in [3.8, 4) is 0 Å². The number of thioether (sulfide) groups is 1. The summed E-state index contributed by atoms with van der Waals surface area (Å²) in [5.41, 5.74) is 6.08. The van der Waals surface area contributed by atoms with Crippen LogP contribution in [0.1, 0.15) is 44.9 Å². The molecule has 2 aliphatic rings. The molecular weight excluding hydrogens is 178 g/mol. The van der Waals surface area contributed by atoms with E-state index in [0.717, 1.165) is 11.2 Å². The van der Waals surface area contributed by atoms with Crippen LogP contribution in [0, 0.1) is 5.92 Å². The molecule has 2 aliphatic carbocycles. The van der Waals surface area contributed by atoms with Gasteiger partial charge in [0.15, 0.2) is 0 Å². The number of hydrogen-bond donors (Lipinski definition) is 1. The van der Waals surface area contributed by atoms with Crippen molar-refractivity contribution in [1.82, 2.24) is 0 Å². The fourth-order valence-corrected chi connectivity index (χ4v) is 3.57. The van der Waals surface area contributed by atoms with E-state index in [-0.39, 0.29) is 0 Å². The largest absolute Gasteiger partial charge is 0.327 e. The molecule has 0 aliphatic heterocycles. The summed E-state index contributed by atoms with van der Waals surface area (Å²) in [5, 5.41) is 0.943. The summed E-state index contributed by atoms with van der Waals surface area (Å²) < 4.78 is 0. The van der Waals surface area contributed by atoms with Crippen molar-refractivity contribution in [3.63, 3.8) is 0 Å². The van der Waals surface area contributed by atoms with E-state index in [1.165, 1.54) is 50.7 Å². The summed E-state index contributed by atoms with van der Waals surface area (Å²) in [6.07, 6.45) is 10.1. The Hall–Kier alpha value is 0.310. The smallest absolute Gasteiger partial charge is 0.0159 e. The van der Waals surface area contributed by atoms with Crippen LogP contribution in [0.4, 0.5) is 0 Å². The summed E-state index contributed by atoms with van der Waals surface area (Å²) in [5.74, 6) is 2.10. The molecule has 2 rings (SSSR count). The highest BCUT2D eigenvalue weighted by atomic mass is 32.2. The molecule has 2 heteroatoms. The number of nitrogens with two attached hydrogens (primary N) is 1. The zero-order chi connectivity index (χ0) is 9.10. The molecular formula is C11H21NS.